The van der Waals surface area contributed by atoms with Gasteiger partial charge in [-0.05, 0) is 38.2 Å². The van der Waals surface area contributed by atoms with Crippen LogP contribution in [0.4, 0.5) is 0 Å². The summed E-state index contributed by atoms with van der Waals surface area (Å²) in [5, 5.41) is 9.12. The van der Waals surface area contributed by atoms with Crippen LogP contribution in [-0.4, -0.2) is 19.6 Å². The number of aryl methyl sites for hydroxylation is 1. The van der Waals surface area contributed by atoms with Gasteiger partial charge in [0.15, 0.2) is 0 Å². The number of rotatable bonds is 4. The van der Waals surface area contributed by atoms with E-state index in [1.165, 1.54) is 17.8 Å². The third-order valence-corrected chi connectivity index (χ3v) is 6.76. The van der Waals surface area contributed by atoms with Crippen molar-refractivity contribution in [2.45, 2.75) is 63.5 Å². The Morgan fingerprint density at radius 3 is 2.75 bits per heavy atom. The highest BCUT2D eigenvalue weighted by Crippen LogP contribution is 2.28. The Morgan fingerprint density at radius 2 is 2.10 bits per heavy atom. The predicted molar refractivity (Wildman–Crippen MR) is 81.3 cm³/mol. The first kappa shape index (κ1) is 15.9. The Bertz CT molecular complexity index is 551. The summed E-state index contributed by atoms with van der Waals surface area (Å²) in [5.74, 6) is 0.688. The molecule has 0 radical (unpaired) electrons. The fourth-order valence-corrected chi connectivity index (χ4v) is 5.56. The van der Waals surface area contributed by atoms with Crippen LogP contribution in [-0.2, 0) is 16.6 Å². The highest BCUT2D eigenvalue weighted by Gasteiger charge is 2.25. The molecule has 2 N–H and O–H groups in total. The lowest BCUT2D eigenvalue weighted by Crippen LogP contribution is -2.34. The van der Waals surface area contributed by atoms with Crippen molar-refractivity contribution in [3.63, 3.8) is 0 Å². The molecule has 2 unspecified atom stereocenters. The summed E-state index contributed by atoms with van der Waals surface area (Å²) in [4.78, 5) is 1.75. The normalized spacial score (nSPS) is 24.6. The summed E-state index contributed by atoms with van der Waals surface area (Å²) < 4.78 is 27.8. The smallest absolute Gasteiger partial charge is 0.241 e. The van der Waals surface area contributed by atoms with Gasteiger partial charge >= 0.3 is 0 Å². The molecule has 2 rings (SSSR count). The van der Waals surface area contributed by atoms with Gasteiger partial charge in [0.2, 0.25) is 10.0 Å². The van der Waals surface area contributed by atoms with E-state index in [2.05, 4.69) is 11.6 Å². The lowest BCUT2D eigenvalue weighted by Gasteiger charge is -2.16. The molecule has 0 amide bonds. The third kappa shape index (κ3) is 3.81. The molecular weight excluding hydrogens is 294 g/mol. The number of hydrogen-bond donors (Lipinski definition) is 2. The minimum Gasteiger partial charge on any atom is -0.391 e. The number of aliphatic hydroxyl groups excluding tert-OH is 1. The minimum atomic E-state index is -3.46. The van der Waals surface area contributed by atoms with Gasteiger partial charge in [-0.2, -0.15) is 0 Å². The molecule has 0 aromatic carbocycles. The highest BCUT2D eigenvalue weighted by atomic mass is 32.2. The van der Waals surface area contributed by atoms with Crippen molar-refractivity contribution in [1.29, 1.82) is 0 Å². The Balaban J connectivity index is 2.12. The van der Waals surface area contributed by atoms with Crippen LogP contribution >= 0.6 is 11.3 Å². The molecule has 1 aromatic rings. The molecule has 0 bridgehead atoms. The average Bonchev–Trinajstić information content (AvgIpc) is 2.66. The minimum absolute atomic E-state index is 0.0434. The van der Waals surface area contributed by atoms with E-state index in [1.807, 2.05) is 0 Å². The van der Waals surface area contributed by atoms with Crippen molar-refractivity contribution in [2.24, 2.45) is 5.92 Å². The van der Waals surface area contributed by atoms with Crippen molar-refractivity contribution < 1.29 is 13.5 Å². The van der Waals surface area contributed by atoms with Gasteiger partial charge in [0.25, 0.3) is 0 Å². The molecule has 0 aliphatic heterocycles. The van der Waals surface area contributed by atoms with Crippen molar-refractivity contribution in [3.8, 4) is 0 Å². The van der Waals surface area contributed by atoms with Crippen LogP contribution < -0.4 is 4.72 Å². The molecule has 1 aliphatic rings. The quantitative estimate of drug-likeness (QED) is 0.839. The molecule has 20 heavy (non-hydrogen) atoms. The van der Waals surface area contributed by atoms with E-state index in [1.54, 1.807) is 13.0 Å². The molecule has 6 heteroatoms. The summed E-state index contributed by atoms with van der Waals surface area (Å²) in [6.07, 6.45) is 5.18. The van der Waals surface area contributed by atoms with E-state index < -0.39 is 10.0 Å². The molecule has 4 nitrogen and oxygen atoms in total. The Kier molecular flexibility index (Phi) is 5.23. The largest absolute Gasteiger partial charge is 0.391 e. The van der Waals surface area contributed by atoms with Gasteiger partial charge in [0, 0.05) is 15.8 Å². The van der Waals surface area contributed by atoms with Crippen molar-refractivity contribution in [1.82, 2.24) is 4.72 Å². The lowest BCUT2D eigenvalue weighted by atomic mass is 10.0. The maximum Gasteiger partial charge on any atom is 0.241 e. The molecule has 1 heterocycles. The topological polar surface area (TPSA) is 66.4 Å². The van der Waals surface area contributed by atoms with E-state index in [0.717, 1.165) is 30.6 Å². The maximum atomic E-state index is 12.5. The van der Waals surface area contributed by atoms with Gasteiger partial charge in [-0.15, -0.1) is 11.3 Å². The predicted octanol–water partition coefficient (Wildman–Crippen LogP) is 2.80. The van der Waals surface area contributed by atoms with Gasteiger partial charge in [-0.3, -0.25) is 0 Å². The average molecular weight is 317 g/mol. The monoisotopic (exact) mass is 317 g/mol. The first-order chi connectivity index (χ1) is 9.42. The lowest BCUT2D eigenvalue weighted by molar-refractivity contribution is 0.285. The fourth-order valence-electron chi connectivity index (χ4n) is 2.76. The van der Waals surface area contributed by atoms with Crippen molar-refractivity contribution >= 4 is 21.4 Å². The summed E-state index contributed by atoms with van der Waals surface area (Å²) >= 11 is 1.34. The third-order valence-electron chi connectivity index (χ3n) is 3.95. The molecule has 1 fully saturated rings. The summed E-state index contributed by atoms with van der Waals surface area (Å²) in [6.45, 7) is 3.91. The van der Waals surface area contributed by atoms with E-state index in [-0.39, 0.29) is 12.6 Å². The van der Waals surface area contributed by atoms with Crippen LogP contribution in [0, 0.1) is 12.8 Å². The van der Waals surface area contributed by atoms with Gasteiger partial charge in [-0.1, -0.05) is 19.8 Å². The zero-order valence-corrected chi connectivity index (χ0v) is 13.7. The molecule has 0 spiro atoms. The SMILES string of the molecule is Cc1sc(CO)cc1S(=O)(=O)NC1CCCC(C)CC1. The first-order valence-corrected chi connectivity index (χ1v) is 9.45. The molecular formula is C14H23NO3S2. The van der Waals surface area contributed by atoms with Crippen LogP contribution in [0.1, 0.15) is 48.8 Å². The van der Waals surface area contributed by atoms with Gasteiger partial charge in [-0.25, -0.2) is 13.1 Å². The van der Waals surface area contributed by atoms with E-state index in [0.29, 0.717) is 15.7 Å². The van der Waals surface area contributed by atoms with Crippen molar-refractivity contribution in [2.75, 3.05) is 0 Å². The summed E-state index contributed by atoms with van der Waals surface area (Å²) in [5.41, 5.74) is 0. The van der Waals surface area contributed by atoms with Crippen LogP contribution in [0.5, 0.6) is 0 Å². The molecule has 1 aromatic heterocycles. The van der Waals surface area contributed by atoms with Crippen LogP contribution in [0.15, 0.2) is 11.0 Å². The molecule has 1 aliphatic carbocycles. The Morgan fingerprint density at radius 1 is 1.35 bits per heavy atom. The number of hydrogen-bond acceptors (Lipinski definition) is 4. The summed E-state index contributed by atoms with van der Waals surface area (Å²) in [6, 6.07) is 1.63. The highest BCUT2D eigenvalue weighted by molar-refractivity contribution is 7.89. The van der Waals surface area contributed by atoms with E-state index >= 15 is 0 Å². The standard InChI is InChI=1S/C14H23NO3S2/c1-10-4-3-5-12(7-6-10)15-20(17,18)14-8-13(9-16)19-11(14)2/h8,10,12,15-16H,3-7,9H2,1-2H3. The summed E-state index contributed by atoms with van der Waals surface area (Å²) in [7, 11) is -3.46. The number of thiophene rings is 1. The zero-order valence-electron chi connectivity index (χ0n) is 12.1. The van der Waals surface area contributed by atoms with E-state index in [4.69, 9.17) is 5.11 Å². The fraction of sp³-hybridized carbons (Fsp3) is 0.714. The second kappa shape index (κ2) is 6.56. The van der Waals surface area contributed by atoms with Crippen LogP contribution in [0.2, 0.25) is 0 Å². The Labute approximate surface area is 125 Å². The van der Waals surface area contributed by atoms with E-state index in [9.17, 15) is 8.42 Å². The number of aliphatic hydroxyl groups is 1. The molecule has 114 valence electrons. The van der Waals surface area contributed by atoms with Gasteiger partial charge in [0.1, 0.15) is 0 Å². The number of nitrogens with one attached hydrogen (secondary N) is 1. The number of sulfonamides is 1. The maximum absolute atomic E-state index is 12.5. The first-order valence-electron chi connectivity index (χ1n) is 7.15. The van der Waals surface area contributed by atoms with Gasteiger partial charge in [0.05, 0.1) is 11.5 Å². The molecule has 2 atom stereocenters. The molecule has 1 saturated carbocycles. The van der Waals surface area contributed by atoms with Gasteiger partial charge < -0.3 is 5.11 Å². The zero-order chi connectivity index (χ0) is 14.8. The van der Waals surface area contributed by atoms with Crippen LogP contribution in [0.3, 0.4) is 0 Å². The molecule has 0 saturated heterocycles. The van der Waals surface area contributed by atoms with Crippen molar-refractivity contribution in [3.05, 3.63) is 15.8 Å². The second-order valence-electron chi connectivity index (χ2n) is 5.72. The Hall–Kier alpha value is -0.430. The van der Waals surface area contributed by atoms with Crippen LogP contribution in [0.25, 0.3) is 0 Å². The second-order valence-corrected chi connectivity index (χ2v) is 8.75.